The summed E-state index contributed by atoms with van der Waals surface area (Å²) in [6.45, 7) is 12.3. The summed E-state index contributed by atoms with van der Waals surface area (Å²) < 4.78 is 12.4. The normalized spacial score (nSPS) is 13.7. The maximum atomic E-state index is 9.75. The molecule has 236 valence electrons. The van der Waals surface area contributed by atoms with Gasteiger partial charge in [-0.2, -0.15) is 0 Å². The van der Waals surface area contributed by atoms with Gasteiger partial charge in [-0.25, -0.2) is 0 Å². The van der Waals surface area contributed by atoms with Crippen molar-refractivity contribution in [1.29, 1.82) is 0 Å². The van der Waals surface area contributed by atoms with Crippen LogP contribution in [0, 0.1) is 0 Å². The molecule has 0 aliphatic rings. The average Bonchev–Trinajstić information content (AvgIpc) is 2.93. The molecule has 0 heterocycles. The summed E-state index contributed by atoms with van der Waals surface area (Å²) in [7, 11) is 0. The molecular formula is C35H73NO3. The summed E-state index contributed by atoms with van der Waals surface area (Å²) in [6, 6.07) is 0. The fraction of sp³-hybridized carbons (Fsp3) is 1.00. The topological polar surface area (TPSA) is 50.7 Å². The Morgan fingerprint density at radius 1 is 0.513 bits per heavy atom. The fourth-order valence-electron chi connectivity index (χ4n) is 5.18. The zero-order valence-electron chi connectivity index (χ0n) is 27.5. The molecule has 0 saturated carbocycles. The second-order valence-electron chi connectivity index (χ2n) is 12.8. The van der Waals surface area contributed by atoms with Crippen LogP contribution in [-0.4, -0.2) is 42.8 Å². The van der Waals surface area contributed by atoms with Gasteiger partial charge in [0.2, 0.25) is 0 Å². The van der Waals surface area contributed by atoms with Crippen LogP contribution in [0.3, 0.4) is 0 Å². The Balaban J connectivity index is 3.88. The molecule has 0 aromatic carbocycles. The maximum Gasteiger partial charge on any atom is 0.134 e. The minimum Gasteiger partial charge on any atom is -0.394 e. The molecule has 0 aromatic rings. The molecule has 0 radical (unpaired) electrons. The molecular weight excluding hydrogens is 482 g/mol. The first kappa shape index (κ1) is 38.8. The number of aliphatic hydroxyl groups excluding tert-OH is 1. The van der Waals surface area contributed by atoms with E-state index in [1.807, 2.05) is 13.8 Å². The second kappa shape index (κ2) is 29.3. The molecule has 4 heteroatoms. The number of aliphatic hydroxyl groups is 1. The van der Waals surface area contributed by atoms with Crippen LogP contribution in [-0.2, 0) is 9.47 Å². The van der Waals surface area contributed by atoms with E-state index >= 15 is 0 Å². The van der Waals surface area contributed by atoms with E-state index < -0.39 is 0 Å². The van der Waals surface area contributed by atoms with Crippen molar-refractivity contribution in [3.05, 3.63) is 0 Å². The number of ether oxygens (including phenoxy) is 2. The number of hydrogen-bond acceptors (Lipinski definition) is 4. The monoisotopic (exact) mass is 556 g/mol. The molecule has 0 aliphatic carbocycles. The van der Waals surface area contributed by atoms with E-state index in [1.165, 1.54) is 141 Å². The molecule has 0 aromatic heterocycles. The molecule has 0 aliphatic heterocycles. The van der Waals surface area contributed by atoms with Crippen LogP contribution in [0.5, 0.6) is 0 Å². The van der Waals surface area contributed by atoms with Crippen molar-refractivity contribution < 1.29 is 14.6 Å². The number of rotatable bonds is 32. The van der Waals surface area contributed by atoms with E-state index in [9.17, 15) is 5.11 Å². The van der Waals surface area contributed by atoms with E-state index in [0.29, 0.717) is 0 Å². The highest BCUT2D eigenvalue weighted by Gasteiger charge is 2.26. The molecule has 0 rings (SSSR count). The second-order valence-corrected chi connectivity index (χ2v) is 12.8. The van der Waals surface area contributed by atoms with Crippen LogP contribution in [0.4, 0.5) is 0 Å². The van der Waals surface area contributed by atoms with Crippen LogP contribution in [0.1, 0.15) is 189 Å². The molecule has 4 nitrogen and oxygen atoms in total. The van der Waals surface area contributed by atoms with Gasteiger partial charge in [0, 0.05) is 18.8 Å². The Hall–Kier alpha value is -0.160. The van der Waals surface area contributed by atoms with Gasteiger partial charge in [-0.05, 0) is 33.6 Å². The third-order valence-electron chi connectivity index (χ3n) is 8.03. The zero-order valence-corrected chi connectivity index (χ0v) is 27.5. The van der Waals surface area contributed by atoms with Gasteiger partial charge in [0.25, 0.3) is 0 Å². The molecule has 0 amide bonds. The van der Waals surface area contributed by atoms with Crippen molar-refractivity contribution in [2.24, 2.45) is 0 Å². The SMILES string of the molecule is CCCCCCCCCCCCCCOC(C)C(NC(C)(C)CO)OCCCCCCCCCCCCCC. The molecule has 39 heavy (non-hydrogen) atoms. The first-order chi connectivity index (χ1) is 19.0. The number of nitrogens with one attached hydrogen (secondary N) is 1. The Morgan fingerprint density at radius 3 is 1.15 bits per heavy atom. The summed E-state index contributed by atoms with van der Waals surface area (Å²) >= 11 is 0. The van der Waals surface area contributed by atoms with Crippen LogP contribution in [0.2, 0.25) is 0 Å². The zero-order chi connectivity index (χ0) is 28.9. The van der Waals surface area contributed by atoms with Crippen molar-refractivity contribution >= 4 is 0 Å². The van der Waals surface area contributed by atoms with E-state index in [2.05, 4.69) is 26.1 Å². The quantitative estimate of drug-likeness (QED) is 0.0640. The van der Waals surface area contributed by atoms with Gasteiger partial charge < -0.3 is 14.6 Å². The molecule has 2 unspecified atom stereocenters. The molecule has 0 fully saturated rings. The Morgan fingerprint density at radius 2 is 0.821 bits per heavy atom. The summed E-state index contributed by atoms with van der Waals surface area (Å²) in [6.07, 6.45) is 32.3. The van der Waals surface area contributed by atoms with Gasteiger partial charge in [-0.3, -0.25) is 5.32 Å². The lowest BCUT2D eigenvalue weighted by Gasteiger charge is -2.33. The summed E-state index contributed by atoms with van der Waals surface area (Å²) in [4.78, 5) is 0. The van der Waals surface area contributed by atoms with Gasteiger partial charge in [-0.15, -0.1) is 0 Å². The molecule has 0 spiro atoms. The molecule has 0 saturated heterocycles. The number of hydrogen-bond donors (Lipinski definition) is 2. The summed E-state index contributed by atoms with van der Waals surface area (Å²) in [5.74, 6) is 0. The van der Waals surface area contributed by atoms with Crippen molar-refractivity contribution in [2.75, 3.05) is 19.8 Å². The van der Waals surface area contributed by atoms with Crippen LogP contribution in [0.15, 0.2) is 0 Å². The van der Waals surface area contributed by atoms with Crippen molar-refractivity contribution in [3.8, 4) is 0 Å². The molecule has 2 atom stereocenters. The predicted octanol–water partition coefficient (Wildman–Crippen LogP) is 10.5. The average molecular weight is 556 g/mol. The lowest BCUT2D eigenvalue weighted by atomic mass is 10.1. The Bertz CT molecular complexity index is 471. The van der Waals surface area contributed by atoms with Gasteiger partial charge >= 0.3 is 0 Å². The van der Waals surface area contributed by atoms with E-state index in [0.717, 1.165) is 26.1 Å². The van der Waals surface area contributed by atoms with Gasteiger partial charge in [-0.1, -0.05) is 155 Å². The number of unbranched alkanes of at least 4 members (excludes halogenated alkanes) is 22. The summed E-state index contributed by atoms with van der Waals surface area (Å²) in [5.41, 5.74) is -0.380. The lowest BCUT2D eigenvalue weighted by molar-refractivity contribution is -0.0950. The van der Waals surface area contributed by atoms with E-state index in [4.69, 9.17) is 9.47 Å². The van der Waals surface area contributed by atoms with Crippen LogP contribution >= 0.6 is 0 Å². The van der Waals surface area contributed by atoms with Crippen molar-refractivity contribution in [1.82, 2.24) is 5.32 Å². The fourth-order valence-corrected chi connectivity index (χ4v) is 5.18. The van der Waals surface area contributed by atoms with Crippen molar-refractivity contribution in [2.45, 2.75) is 207 Å². The first-order valence-corrected chi connectivity index (χ1v) is 17.6. The highest BCUT2D eigenvalue weighted by atomic mass is 16.5. The van der Waals surface area contributed by atoms with E-state index in [-0.39, 0.29) is 24.5 Å². The highest BCUT2D eigenvalue weighted by molar-refractivity contribution is 4.80. The third kappa shape index (κ3) is 27.8. The van der Waals surface area contributed by atoms with E-state index in [1.54, 1.807) is 0 Å². The van der Waals surface area contributed by atoms with Crippen LogP contribution in [0.25, 0.3) is 0 Å². The smallest absolute Gasteiger partial charge is 0.134 e. The molecule has 0 bridgehead atoms. The minimum atomic E-state index is -0.380. The Kier molecular flexibility index (Phi) is 29.2. The lowest BCUT2D eigenvalue weighted by Crippen LogP contribution is -2.54. The minimum absolute atomic E-state index is 0.0270. The standard InChI is InChI=1S/C35H73NO3/c1-6-8-10-12-14-16-18-20-22-24-26-28-30-38-33(3)34(36-35(4,5)32-37)39-31-29-27-25-23-21-19-17-15-13-11-9-7-2/h33-34,36-37H,6-32H2,1-5H3. The first-order valence-electron chi connectivity index (χ1n) is 17.6. The van der Waals surface area contributed by atoms with Crippen LogP contribution < -0.4 is 5.32 Å². The van der Waals surface area contributed by atoms with Gasteiger partial charge in [0.05, 0.1) is 12.7 Å². The largest absolute Gasteiger partial charge is 0.394 e. The maximum absolute atomic E-state index is 9.75. The highest BCUT2D eigenvalue weighted by Crippen LogP contribution is 2.15. The Labute approximate surface area is 246 Å². The third-order valence-corrected chi connectivity index (χ3v) is 8.03. The van der Waals surface area contributed by atoms with Gasteiger partial charge in [0.1, 0.15) is 6.23 Å². The molecule has 2 N–H and O–H groups in total. The van der Waals surface area contributed by atoms with Crippen molar-refractivity contribution in [3.63, 3.8) is 0 Å². The van der Waals surface area contributed by atoms with Gasteiger partial charge in [0.15, 0.2) is 0 Å². The summed E-state index contributed by atoms with van der Waals surface area (Å²) in [5, 5.41) is 13.2. The predicted molar refractivity (Wildman–Crippen MR) is 172 cm³/mol.